The van der Waals surface area contributed by atoms with Crippen LogP contribution in [0.25, 0.3) is 0 Å². The maximum Gasteiger partial charge on any atom is 0.249 e. The third-order valence-corrected chi connectivity index (χ3v) is 4.58. The summed E-state index contributed by atoms with van der Waals surface area (Å²) in [6.07, 6.45) is 1.86. The van der Waals surface area contributed by atoms with Crippen molar-refractivity contribution in [1.29, 1.82) is 0 Å². The van der Waals surface area contributed by atoms with E-state index in [4.69, 9.17) is 28.9 Å². The zero-order valence-electron chi connectivity index (χ0n) is 12.0. The molecule has 0 aromatic heterocycles. The number of benzene rings is 2. The molecule has 2 aromatic rings. The van der Waals surface area contributed by atoms with Gasteiger partial charge in [0, 0.05) is 34.4 Å². The first-order valence-electron chi connectivity index (χ1n) is 7.17. The Kier molecular flexibility index (Phi) is 4.27. The van der Waals surface area contributed by atoms with Gasteiger partial charge in [0.05, 0.1) is 0 Å². The smallest absolute Gasteiger partial charge is 0.249 e. The van der Waals surface area contributed by atoms with Crippen LogP contribution >= 0.6 is 23.2 Å². The zero-order valence-corrected chi connectivity index (χ0v) is 13.5. The number of hydrogen-bond acceptors (Lipinski definition) is 2. The number of nitrogens with two attached hydrogens (primary N) is 1. The first kappa shape index (κ1) is 15.2. The molecule has 22 heavy (non-hydrogen) atoms. The van der Waals surface area contributed by atoms with Crippen LogP contribution in [0, 0.1) is 0 Å². The summed E-state index contributed by atoms with van der Waals surface area (Å²) in [4.78, 5) is 13.8. The molecule has 114 valence electrons. The highest BCUT2D eigenvalue weighted by atomic mass is 35.5. The van der Waals surface area contributed by atoms with Crippen LogP contribution in [-0.2, 0) is 13.0 Å². The van der Waals surface area contributed by atoms with E-state index in [0.29, 0.717) is 22.2 Å². The molecule has 3 nitrogen and oxygen atoms in total. The SMILES string of the molecule is NC(=O)c1cccc2c1CCCN2Cc1ccc(Cl)cc1Cl. The molecule has 2 aromatic carbocycles. The van der Waals surface area contributed by atoms with E-state index < -0.39 is 0 Å². The average Bonchev–Trinajstić information content (AvgIpc) is 2.49. The van der Waals surface area contributed by atoms with Crippen LogP contribution in [0.3, 0.4) is 0 Å². The maximum atomic E-state index is 11.6. The fraction of sp³-hybridized carbons (Fsp3) is 0.235. The highest BCUT2D eigenvalue weighted by Crippen LogP contribution is 2.32. The number of nitrogens with zero attached hydrogens (tertiary/aromatic N) is 1. The van der Waals surface area contributed by atoms with Gasteiger partial charge >= 0.3 is 0 Å². The molecule has 1 aliphatic heterocycles. The van der Waals surface area contributed by atoms with E-state index in [1.54, 1.807) is 12.1 Å². The van der Waals surface area contributed by atoms with E-state index in [-0.39, 0.29) is 5.91 Å². The molecule has 0 bridgehead atoms. The van der Waals surface area contributed by atoms with Crippen LogP contribution in [0.5, 0.6) is 0 Å². The second-order valence-electron chi connectivity index (χ2n) is 5.43. The third kappa shape index (κ3) is 2.92. The lowest BCUT2D eigenvalue weighted by Crippen LogP contribution is -2.30. The maximum absolute atomic E-state index is 11.6. The number of hydrogen-bond donors (Lipinski definition) is 1. The average molecular weight is 335 g/mol. The largest absolute Gasteiger partial charge is 0.367 e. The summed E-state index contributed by atoms with van der Waals surface area (Å²) in [7, 11) is 0. The second-order valence-corrected chi connectivity index (χ2v) is 6.27. The molecule has 0 fully saturated rings. The van der Waals surface area contributed by atoms with Gasteiger partial charge in [0.2, 0.25) is 5.91 Å². The topological polar surface area (TPSA) is 46.3 Å². The van der Waals surface area contributed by atoms with Gasteiger partial charge in [0.1, 0.15) is 0 Å². The molecule has 0 saturated heterocycles. The van der Waals surface area contributed by atoms with Crippen molar-refractivity contribution in [3.8, 4) is 0 Å². The monoisotopic (exact) mass is 334 g/mol. The molecule has 0 saturated carbocycles. The summed E-state index contributed by atoms with van der Waals surface area (Å²) in [5.41, 5.74) is 9.21. The molecule has 1 aliphatic rings. The van der Waals surface area contributed by atoms with Crippen molar-refractivity contribution in [3.63, 3.8) is 0 Å². The van der Waals surface area contributed by atoms with E-state index in [1.807, 2.05) is 24.3 Å². The van der Waals surface area contributed by atoms with Gasteiger partial charge in [-0.3, -0.25) is 4.79 Å². The van der Waals surface area contributed by atoms with E-state index in [2.05, 4.69) is 4.90 Å². The predicted octanol–water partition coefficient (Wildman–Crippen LogP) is 4.05. The van der Waals surface area contributed by atoms with Crippen molar-refractivity contribution >= 4 is 34.8 Å². The quantitative estimate of drug-likeness (QED) is 0.920. The van der Waals surface area contributed by atoms with Crippen molar-refractivity contribution < 1.29 is 4.79 Å². The molecule has 5 heteroatoms. The van der Waals surface area contributed by atoms with Crippen LogP contribution in [0.2, 0.25) is 10.0 Å². The van der Waals surface area contributed by atoms with Gasteiger partial charge in [-0.2, -0.15) is 0 Å². The Morgan fingerprint density at radius 1 is 1.23 bits per heavy atom. The van der Waals surface area contributed by atoms with Crippen LogP contribution in [0.15, 0.2) is 36.4 Å². The third-order valence-electron chi connectivity index (χ3n) is 3.99. The lowest BCUT2D eigenvalue weighted by Gasteiger charge is -2.32. The van der Waals surface area contributed by atoms with Gasteiger partial charge in [-0.15, -0.1) is 0 Å². The van der Waals surface area contributed by atoms with E-state index in [9.17, 15) is 4.79 Å². The Labute approximate surface area is 139 Å². The minimum Gasteiger partial charge on any atom is -0.367 e. The number of anilines is 1. The van der Waals surface area contributed by atoms with Crippen LogP contribution in [0.4, 0.5) is 5.69 Å². The molecule has 1 amide bonds. The van der Waals surface area contributed by atoms with Crippen LogP contribution in [-0.4, -0.2) is 12.5 Å². The fourth-order valence-electron chi connectivity index (χ4n) is 2.95. The lowest BCUT2D eigenvalue weighted by atomic mass is 9.95. The minimum atomic E-state index is -0.372. The lowest BCUT2D eigenvalue weighted by molar-refractivity contribution is 0.0999. The molecular weight excluding hydrogens is 319 g/mol. The van der Waals surface area contributed by atoms with Gasteiger partial charge in [-0.05, 0) is 48.2 Å². The van der Waals surface area contributed by atoms with Gasteiger partial charge in [0.25, 0.3) is 0 Å². The fourth-order valence-corrected chi connectivity index (χ4v) is 3.42. The first-order valence-corrected chi connectivity index (χ1v) is 7.92. The highest BCUT2D eigenvalue weighted by Gasteiger charge is 2.21. The predicted molar refractivity (Wildman–Crippen MR) is 90.8 cm³/mol. The molecule has 0 aliphatic carbocycles. The summed E-state index contributed by atoms with van der Waals surface area (Å²) >= 11 is 12.2. The Hall–Kier alpha value is -1.71. The van der Waals surface area contributed by atoms with Gasteiger partial charge < -0.3 is 10.6 Å². The Morgan fingerprint density at radius 2 is 2.05 bits per heavy atom. The summed E-state index contributed by atoms with van der Waals surface area (Å²) in [6, 6.07) is 11.2. The standard InChI is InChI=1S/C17H16Cl2N2O/c18-12-7-6-11(15(19)9-12)10-21-8-2-4-13-14(17(20)22)3-1-5-16(13)21/h1,3,5-7,9H,2,4,8,10H2,(H2,20,22). The van der Waals surface area contributed by atoms with E-state index >= 15 is 0 Å². The minimum absolute atomic E-state index is 0.372. The summed E-state index contributed by atoms with van der Waals surface area (Å²) in [5.74, 6) is -0.372. The highest BCUT2D eigenvalue weighted by molar-refractivity contribution is 6.35. The number of carbonyl (C=O) groups is 1. The number of fused-ring (bicyclic) bond motifs is 1. The van der Waals surface area contributed by atoms with Crippen molar-refractivity contribution in [2.75, 3.05) is 11.4 Å². The summed E-state index contributed by atoms with van der Waals surface area (Å²) in [5, 5.41) is 1.29. The Balaban J connectivity index is 1.95. The molecule has 0 unspecified atom stereocenters. The van der Waals surface area contributed by atoms with Crippen LogP contribution < -0.4 is 10.6 Å². The molecule has 0 atom stereocenters. The number of amides is 1. The van der Waals surface area contributed by atoms with Crippen LogP contribution in [0.1, 0.15) is 27.9 Å². The van der Waals surface area contributed by atoms with Crippen molar-refractivity contribution in [3.05, 3.63) is 63.1 Å². The number of halogens is 2. The second kappa shape index (κ2) is 6.19. The number of carbonyl (C=O) groups excluding carboxylic acids is 1. The molecular formula is C17H16Cl2N2O. The van der Waals surface area contributed by atoms with Gasteiger partial charge in [-0.25, -0.2) is 0 Å². The Morgan fingerprint density at radius 3 is 2.77 bits per heavy atom. The molecule has 1 heterocycles. The normalized spacial score (nSPS) is 13.8. The van der Waals surface area contributed by atoms with Gasteiger partial charge in [-0.1, -0.05) is 35.3 Å². The van der Waals surface area contributed by atoms with Crippen molar-refractivity contribution in [2.24, 2.45) is 5.73 Å². The first-order chi connectivity index (χ1) is 10.6. The van der Waals surface area contributed by atoms with E-state index in [0.717, 1.165) is 36.2 Å². The molecule has 2 N–H and O–H groups in total. The number of rotatable bonds is 3. The molecule has 0 spiro atoms. The summed E-state index contributed by atoms with van der Waals surface area (Å²) in [6.45, 7) is 1.61. The zero-order chi connectivity index (χ0) is 15.7. The molecule has 0 radical (unpaired) electrons. The number of primary amides is 1. The van der Waals surface area contributed by atoms with Crippen molar-refractivity contribution in [1.82, 2.24) is 0 Å². The van der Waals surface area contributed by atoms with Crippen molar-refractivity contribution in [2.45, 2.75) is 19.4 Å². The molecule has 3 rings (SSSR count). The van der Waals surface area contributed by atoms with Gasteiger partial charge in [0.15, 0.2) is 0 Å². The Bertz CT molecular complexity index is 731. The summed E-state index contributed by atoms with van der Waals surface area (Å²) < 4.78 is 0. The van der Waals surface area contributed by atoms with E-state index in [1.165, 1.54) is 0 Å².